The smallest absolute Gasteiger partial charge is 0.168 e. The van der Waals surface area contributed by atoms with E-state index in [4.69, 9.17) is 4.74 Å². The molecule has 0 amide bonds. The molecule has 0 spiro atoms. The van der Waals surface area contributed by atoms with Crippen LogP contribution < -0.4 is 4.74 Å². The van der Waals surface area contributed by atoms with Crippen molar-refractivity contribution in [1.82, 2.24) is 4.98 Å². The summed E-state index contributed by atoms with van der Waals surface area (Å²) in [6.07, 6.45) is 1.16. The molecule has 3 aromatic rings. The van der Waals surface area contributed by atoms with E-state index in [0.29, 0.717) is 24.0 Å². The predicted molar refractivity (Wildman–Crippen MR) is 120 cm³/mol. The number of aryl methyl sites for hydroxylation is 1. The van der Waals surface area contributed by atoms with Gasteiger partial charge in [-0.3, -0.25) is 14.6 Å². The van der Waals surface area contributed by atoms with Crippen molar-refractivity contribution in [3.63, 3.8) is 0 Å². The largest absolute Gasteiger partial charge is 0.497 e. The molecule has 144 valence electrons. The summed E-state index contributed by atoms with van der Waals surface area (Å²) >= 11 is 0. The lowest BCUT2D eigenvalue weighted by Gasteiger charge is -2.05. The zero-order valence-electron chi connectivity index (χ0n) is 15.6. The van der Waals surface area contributed by atoms with Gasteiger partial charge in [0, 0.05) is 28.9 Å². The van der Waals surface area contributed by atoms with Crippen LogP contribution in [0.15, 0.2) is 72.8 Å². The predicted octanol–water partition coefficient (Wildman–Crippen LogP) is 4.95. The summed E-state index contributed by atoms with van der Waals surface area (Å²) < 4.78 is 5.11. The number of carbonyl (C=O) groups is 2. The van der Waals surface area contributed by atoms with Crippen LogP contribution in [0.4, 0.5) is 0 Å². The zero-order valence-corrected chi connectivity index (χ0v) is 18.0. The van der Waals surface area contributed by atoms with Gasteiger partial charge in [-0.2, -0.15) is 0 Å². The summed E-state index contributed by atoms with van der Waals surface area (Å²) in [6.45, 7) is 0. The van der Waals surface area contributed by atoms with Gasteiger partial charge in [-0.15, -0.1) is 24.0 Å². The van der Waals surface area contributed by atoms with E-state index in [1.165, 1.54) is 0 Å². The molecule has 2 aromatic carbocycles. The monoisotopic (exact) mass is 487 g/mol. The Hall–Kier alpha value is -2.54. The molecule has 4 nitrogen and oxygen atoms in total. The standard InChI is InChI=1S/C23H21NO3.HI/c1-27-21-13-10-18(11-14-21)22(25)15-12-19-8-5-9-20(24-19)16-23(26)17-6-3-2-4-7-17;/h2-11,13-14H,12,15-16H2,1H3;1H. The summed E-state index contributed by atoms with van der Waals surface area (Å²) in [7, 11) is 1.60. The van der Waals surface area contributed by atoms with E-state index >= 15 is 0 Å². The molecule has 0 aliphatic carbocycles. The molecular formula is C23H22INO3. The van der Waals surface area contributed by atoms with E-state index in [1.807, 2.05) is 36.4 Å². The van der Waals surface area contributed by atoms with Gasteiger partial charge < -0.3 is 4.74 Å². The highest BCUT2D eigenvalue weighted by Gasteiger charge is 2.10. The molecule has 1 aromatic heterocycles. The summed E-state index contributed by atoms with van der Waals surface area (Å²) in [4.78, 5) is 29.2. The minimum absolute atomic E-state index is 0. The fourth-order valence-electron chi connectivity index (χ4n) is 2.82. The molecule has 0 saturated carbocycles. The summed E-state index contributed by atoms with van der Waals surface area (Å²) in [5, 5.41) is 0. The van der Waals surface area contributed by atoms with Crippen molar-refractivity contribution in [2.45, 2.75) is 19.3 Å². The van der Waals surface area contributed by atoms with Gasteiger partial charge in [-0.1, -0.05) is 36.4 Å². The first-order chi connectivity index (χ1) is 13.2. The lowest BCUT2D eigenvalue weighted by molar-refractivity contribution is 0.0976. The number of ketones is 2. The topological polar surface area (TPSA) is 56.3 Å². The Morgan fingerprint density at radius 2 is 1.43 bits per heavy atom. The minimum Gasteiger partial charge on any atom is -0.497 e. The zero-order chi connectivity index (χ0) is 19.1. The highest BCUT2D eigenvalue weighted by molar-refractivity contribution is 14.0. The maximum absolute atomic E-state index is 12.3. The third-order valence-electron chi connectivity index (χ3n) is 4.32. The van der Waals surface area contributed by atoms with Crippen molar-refractivity contribution >= 4 is 35.5 Å². The summed E-state index contributed by atoms with van der Waals surface area (Å²) in [5.41, 5.74) is 2.87. The second-order valence-corrected chi connectivity index (χ2v) is 6.24. The summed E-state index contributed by atoms with van der Waals surface area (Å²) in [5.74, 6) is 0.823. The molecule has 0 N–H and O–H groups in total. The number of ether oxygens (including phenoxy) is 1. The Bertz CT molecular complexity index is 924. The average molecular weight is 487 g/mol. The molecule has 0 unspecified atom stereocenters. The van der Waals surface area contributed by atoms with Gasteiger partial charge in [-0.25, -0.2) is 0 Å². The Kier molecular flexibility index (Phi) is 8.32. The number of hydrogen-bond acceptors (Lipinski definition) is 4. The average Bonchev–Trinajstić information content (AvgIpc) is 2.73. The molecule has 0 atom stereocenters. The molecule has 1 heterocycles. The van der Waals surface area contributed by atoms with Crippen molar-refractivity contribution in [3.8, 4) is 5.75 Å². The van der Waals surface area contributed by atoms with Crippen LogP contribution in [0.3, 0.4) is 0 Å². The third-order valence-corrected chi connectivity index (χ3v) is 4.32. The van der Waals surface area contributed by atoms with Crippen molar-refractivity contribution in [2.24, 2.45) is 0 Å². The molecule has 0 aliphatic heterocycles. The molecule has 28 heavy (non-hydrogen) atoms. The lowest BCUT2D eigenvalue weighted by atomic mass is 10.0. The maximum atomic E-state index is 12.3. The van der Waals surface area contributed by atoms with E-state index < -0.39 is 0 Å². The van der Waals surface area contributed by atoms with Crippen LogP contribution in [-0.2, 0) is 12.8 Å². The number of halogens is 1. The fraction of sp³-hybridized carbons (Fsp3) is 0.174. The number of carbonyl (C=O) groups excluding carboxylic acids is 2. The van der Waals surface area contributed by atoms with Crippen molar-refractivity contribution in [2.75, 3.05) is 7.11 Å². The number of rotatable bonds is 8. The quantitative estimate of drug-likeness (QED) is 0.334. The van der Waals surface area contributed by atoms with Crippen molar-refractivity contribution in [3.05, 3.63) is 95.3 Å². The molecule has 3 rings (SSSR count). The van der Waals surface area contributed by atoms with E-state index in [2.05, 4.69) is 4.98 Å². The Balaban J connectivity index is 0.00000280. The molecule has 0 radical (unpaired) electrons. The van der Waals surface area contributed by atoms with Crippen LogP contribution in [0.5, 0.6) is 5.75 Å². The highest BCUT2D eigenvalue weighted by atomic mass is 127. The molecule has 0 aliphatic rings. The second-order valence-electron chi connectivity index (χ2n) is 6.24. The van der Waals surface area contributed by atoms with E-state index in [0.717, 1.165) is 17.1 Å². The number of Topliss-reactive ketones (excluding diaryl/α,β-unsaturated/α-hetero) is 2. The van der Waals surface area contributed by atoms with Gasteiger partial charge in [0.25, 0.3) is 0 Å². The first kappa shape index (κ1) is 21.8. The number of benzene rings is 2. The SMILES string of the molecule is COc1ccc(C(=O)CCc2cccc(CC(=O)c3ccccc3)n2)cc1.I. The Morgan fingerprint density at radius 3 is 2.11 bits per heavy atom. The Labute approximate surface area is 182 Å². The minimum atomic E-state index is 0. The van der Waals surface area contributed by atoms with Gasteiger partial charge in [-0.05, 0) is 42.8 Å². The normalized spacial score (nSPS) is 10.0. The van der Waals surface area contributed by atoms with Crippen LogP contribution in [0.25, 0.3) is 0 Å². The van der Waals surface area contributed by atoms with Gasteiger partial charge in [0.1, 0.15) is 5.75 Å². The molecule has 0 saturated heterocycles. The van der Waals surface area contributed by atoms with Gasteiger partial charge in [0.15, 0.2) is 11.6 Å². The van der Waals surface area contributed by atoms with Crippen LogP contribution >= 0.6 is 24.0 Å². The second kappa shape index (κ2) is 10.7. The first-order valence-electron chi connectivity index (χ1n) is 8.86. The lowest BCUT2D eigenvalue weighted by Crippen LogP contribution is -2.07. The van der Waals surface area contributed by atoms with E-state index in [-0.39, 0.29) is 42.0 Å². The summed E-state index contributed by atoms with van der Waals surface area (Å²) in [6, 6.07) is 21.9. The molecule has 5 heteroatoms. The van der Waals surface area contributed by atoms with Crippen molar-refractivity contribution in [1.29, 1.82) is 0 Å². The van der Waals surface area contributed by atoms with Gasteiger partial charge >= 0.3 is 0 Å². The van der Waals surface area contributed by atoms with Crippen LogP contribution in [-0.4, -0.2) is 23.7 Å². The number of nitrogens with zero attached hydrogens (tertiary/aromatic N) is 1. The third kappa shape index (κ3) is 5.99. The van der Waals surface area contributed by atoms with E-state index in [9.17, 15) is 9.59 Å². The van der Waals surface area contributed by atoms with Crippen LogP contribution in [0.1, 0.15) is 38.5 Å². The maximum Gasteiger partial charge on any atom is 0.168 e. The molecule has 0 bridgehead atoms. The number of methoxy groups -OCH3 is 1. The molecular weight excluding hydrogens is 465 g/mol. The first-order valence-corrected chi connectivity index (χ1v) is 8.86. The fourth-order valence-corrected chi connectivity index (χ4v) is 2.82. The van der Waals surface area contributed by atoms with Crippen LogP contribution in [0, 0.1) is 0 Å². The van der Waals surface area contributed by atoms with Gasteiger partial charge in [0.2, 0.25) is 0 Å². The molecule has 0 fully saturated rings. The van der Waals surface area contributed by atoms with Gasteiger partial charge in [0.05, 0.1) is 13.5 Å². The number of hydrogen-bond donors (Lipinski definition) is 0. The van der Waals surface area contributed by atoms with Crippen LogP contribution in [0.2, 0.25) is 0 Å². The highest BCUT2D eigenvalue weighted by Crippen LogP contribution is 2.14. The van der Waals surface area contributed by atoms with Crippen molar-refractivity contribution < 1.29 is 14.3 Å². The number of aromatic nitrogens is 1. The number of pyridine rings is 1. The van der Waals surface area contributed by atoms with E-state index in [1.54, 1.807) is 43.5 Å². The Morgan fingerprint density at radius 1 is 0.786 bits per heavy atom.